The number of morpholine rings is 1. The van der Waals surface area contributed by atoms with Crippen LogP contribution in [0, 0.1) is 6.92 Å². The average molecular weight is 395 g/mol. The maximum atomic E-state index is 5.65. The SMILES string of the molecule is Cc1cnc(Nc2ccc(N3CCOCC3)cc2)nc1Sc1ccc(N)nc1. The quantitative estimate of drug-likeness (QED) is 0.636. The molecule has 1 fully saturated rings. The Morgan fingerprint density at radius 2 is 1.82 bits per heavy atom. The number of anilines is 4. The number of nitrogen functional groups attached to an aromatic ring is 1. The van der Waals surface area contributed by atoms with E-state index in [0.29, 0.717) is 11.8 Å². The van der Waals surface area contributed by atoms with E-state index in [2.05, 4.69) is 37.3 Å². The van der Waals surface area contributed by atoms with Crippen molar-refractivity contribution >= 4 is 34.9 Å². The molecule has 0 spiro atoms. The first-order valence-corrected chi connectivity index (χ1v) is 9.92. The van der Waals surface area contributed by atoms with Crippen LogP contribution in [0.5, 0.6) is 0 Å². The molecule has 0 saturated carbocycles. The van der Waals surface area contributed by atoms with E-state index in [-0.39, 0.29) is 0 Å². The van der Waals surface area contributed by atoms with E-state index in [1.54, 1.807) is 24.0 Å². The van der Waals surface area contributed by atoms with Crippen molar-refractivity contribution in [2.45, 2.75) is 16.8 Å². The molecule has 1 aromatic carbocycles. The van der Waals surface area contributed by atoms with Gasteiger partial charge in [0.15, 0.2) is 0 Å². The molecule has 1 saturated heterocycles. The zero-order chi connectivity index (χ0) is 19.3. The Labute approximate surface area is 168 Å². The van der Waals surface area contributed by atoms with Crippen LogP contribution in [0.15, 0.2) is 58.7 Å². The highest BCUT2D eigenvalue weighted by atomic mass is 32.2. The van der Waals surface area contributed by atoms with Crippen LogP contribution in [0.25, 0.3) is 0 Å². The van der Waals surface area contributed by atoms with E-state index in [1.165, 1.54) is 5.69 Å². The summed E-state index contributed by atoms with van der Waals surface area (Å²) in [5, 5.41) is 4.17. The molecule has 0 unspecified atom stereocenters. The fraction of sp³-hybridized carbons (Fsp3) is 0.250. The van der Waals surface area contributed by atoms with Crippen molar-refractivity contribution in [3.63, 3.8) is 0 Å². The normalized spacial score (nSPS) is 14.1. The lowest BCUT2D eigenvalue weighted by Gasteiger charge is -2.28. The molecule has 28 heavy (non-hydrogen) atoms. The Bertz CT molecular complexity index is 926. The summed E-state index contributed by atoms with van der Waals surface area (Å²) in [4.78, 5) is 16.5. The number of hydrogen-bond donors (Lipinski definition) is 2. The Balaban J connectivity index is 1.46. The molecule has 0 atom stereocenters. The molecule has 4 rings (SSSR count). The first kappa shape index (κ1) is 18.5. The molecule has 3 heterocycles. The van der Waals surface area contributed by atoms with Gasteiger partial charge in [-0.3, -0.25) is 0 Å². The van der Waals surface area contributed by atoms with Crippen molar-refractivity contribution in [2.24, 2.45) is 0 Å². The highest BCUT2D eigenvalue weighted by molar-refractivity contribution is 7.99. The van der Waals surface area contributed by atoms with Gasteiger partial charge in [0.25, 0.3) is 0 Å². The number of hydrogen-bond acceptors (Lipinski definition) is 8. The van der Waals surface area contributed by atoms with E-state index in [1.807, 2.05) is 31.3 Å². The summed E-state index contributed by atoms with van der Waals surface area (Å²) >= 11 is 1.54. The molecule has 3 aromatic rings. The minimum atomic E-state index is 0.506. The third-order valence-electron chi connectivity index (χ3n) is 4.40. The molecule has 2 aromatic heterocycles. The molecule has 7 nitrogen and oxygen atoms in total. The van der Waals surface area contributed by atoms with Crippen LogP contribution in [-0.4, -0.2) is 41.3 Å². The van der Waals surface area contributed by atoms with Gasteiger partial charge in [-0.15, -0.1) is 0 Å². The predicted octanol–water partition coefficient (Wildman–Crippen LogP) is 3.49. The fourth-order valence-electron chi connectivity index (χ4n) is 2.86. The molecule has 8 heteroatoms. The smallest absolute Gasteiger partial charge is 0.228 e. The predicted molar refractivity (Wildman–Crippen MR) is 112 cm³/mol. The maximum Gasteiger partial charge on any atom is 0.228 e. The summed E-state index contributed by atoms with van der Waals surface area (Å²) in [6.45, 7) is 5.40. The molecule has 0 amide bonds. The van der Waals surface area contributed by atoms with Crippen LogP contribution in [0.2, 0.25) is 0 Å². The number of ether oxygens (including phenoxy) is 1. The highest BCUT2D eigenvalue weighted by Gasteiger charge is 2.11. The number of nitrogens with one attached hydrogen (secondary N) is 1. The summed E-state index contributed by atoms with van der Waals surface area (Å²) < 4.78 is 5.41. The van der Waals surface area contributed by atoms with Crippen molar-refractivity contribution < 1.29 is 4.74 Å². The molecule has 144 valence electrons. The second-order valence-electron chi connectivity index (χ2n) is 6.47. The van der Waals surface area contributed by atoms with E-state index in [9.17, 15) is 0 Å². The molecule has 0 radical (unpaired) electrons. The van der Waals surface area contributed by atoms with Crippen LogP contribution in [0.4, 0.5) is 23.1 Å². The highest BCUT2D eigenvalue weighted by Crippen LogP contribution is 2.29. The van der Waals surface area contributed by atoms with Crippen LogP contribution in [0.3, 0.4) is 0 Å². The lowest BCUT2D eigenvalue weighted by Crippen LogP contribution is -2.36. The van der Waals surface area contributed by atoms with Gasteiger partial charge in [0.1, 0.15) is 10.8 Å². The zero-order valence-corrected chi connectivity index (χ0v) is 16.4. The molecular formula is C20H22N6OS. The summed E-state index contributed by atoms with van der Waals surface area (Å²) in [6.07, 6.45) is 3.57. The monoisotopic (exact) mass is 394 g/mol. The van der Waals surface area contributed by atoms with Crippen LogP contribution < -0.4 is 16.0 Å². The van der Waals surface area contributed by atoms with Crippen molar-refractivity contribution in [2.75, 3.05) is 42.3 Å². The average Bonchev–Trinajstić information content (AvgIpc) is 2.73. The van der Waals surface area contributed by atoms with Gasteiger partial charge in [0.2, 0.25) is 5.95 Å². The fourth-order valence-corrected chi connectivity index (χ4v) is 3.67. The third kappa shape index (κ3) is 4.52. The molecule has 3 N–H and O–H groups in total. The topological polar surface area (TPSA) is 89.2 Å². The Morgan fingerprint density at radius 3 is 2.54 bits per heavy atom. The number of pyridine rings is 1. The molecule has 0 aliphatic carbocycles. The Hall–Kier alpha value is -2.84. The van der Waals surface area contributed by atoms with Gasteiger partial charge in [0, 0.05) is 47.3 Å². The molecule has 1 aliphatic rings. The van der Waals surface area contributed by atoms with Gasteiger partial charge in [0.05, 0.1) is 13.2 Å². The minimum Gasteiger partial charge on any atom is -0.384 e. The van der Waals surface area contributed by atoms with Crippen molar-refractivity contribution in [1.29, 1.82) is 0 Å². The number of aryl methyl sites for hydroxylation is 1. The molecule has 1 aliphatic heterocycles. The lowest BCUT2D eigenvalue weighted by molar-refractivity contribution is 0.122. The second kappa shape index (κ2) is 8.45. The standard InChI is InChI=1S/C20H22N6OS/c1-14-12-23-20(25-19(14)28-17-6-7-18(21)22-13-17)24-15-2-4-16(5-3-15)26-8-10-27-11-9-26/h2-7,12-13H,8-11H2,1H3,(H2,21,22)(H,23,24,25). The van der Waals surface area contributed by atoms with Gasteiger partial charge in [-0.2, -0.15) is 0 Å². The maximum absolute atomic E-state index is 5.65. The van der Waals surface area contributed by atoms with E-state index >= 15 is 0 Å². The van der Waals surface area contributed by atoms with Gasteiger partial charge in [-0.1, -0.05) is 11.8 Å². The van der Waals surface area contributed by atoms with Crippen molar-refractivity contribution in [1.82, 2.24) is 15.0 Å². The number of aromatic nitrogens is 3. The van der Waals surface area contributed by atoms with Gasteiger partial charge >= 0.3 is 0 Å². The van der Waals surface area contributed by atoms with Crippen molar-refractivity contribution in [3.8, 4) is 0 Å². The summed E-state index contributed by atoms with van der Waals surface area (Å²) in [7, 11) is 0. The summed E-state index contributed by atoms with van der Waals surface area (Å²) in [5.74, 6) is 1.07. The first-order valence-electron chi connectivity index (χ1n) is 9.10. The van der Waals surface area contributed by atoms with Gasteiger partial charge in [-0.05, 0) is 43.3 Å². The van der Waals surface area contributed by atoms with Crippen molar-refractivity contribution in [3.05, 3.63) is 54.4 Å². The van der Waals surface area contributed by atoms with Crippen LogP contribution in [-0.2, 0) is 4.74 Å². The third-order valence-corrected chi connectivity index (χ3v) is 5.48. The summed E-state index contributed by atoms with van der Waals surface area (Å²) in [5.41, 5.74) is 8.81. The summed E-state index contributed by atoms with van der Waals surface area (Å²) in [6, 6.07) is 12.0. The Kier molecular flexibility index (Phi) is 5.59. The number of benzene rings is 1. The lowest BCUT2D eigenvalue weighted by atomic mass is 10.2. The van der Waals surface area contributed by atoms with Gasteiger partial charge in [-0.25, -0.2) is 15.0 Å². The van der Waals surface area contributed by atoms with Crippen LogP contribution >= 0.6 is 11.8 Å². The second-order valence-corrected chi connectivity index (χ2v) is 7.54. The first-order chi connectivity index (χ1) is 13.7. The Morgan fingerprint density at radius 1 is 1.04 bits per heavy atom. The largest absolute Gasteiger partial charge is 0.384 e. The number of nitrogens with two attached hydrogens (primary N) is 1. The minimum absolute atomic E-state index is 0.506. The van der Waals surface area contributed by atoms with E-state index < -0.39 is 0 Å². The number of nitrogens with zero attached hydrogens (tertiary/aromatic N) is 4. The number of rotatable bonds is 5. The molecule has 0 bridgehead atoms. The van der Waals surface area contributed by atoms with E-state index in [4.69, 9.17) is 10.5 Å². The molecular weight excluding hydrogens is 372 g/mol. The van der Waals surface area contributed by atoms with E-state index in [0.717, 1.165) is 47.5 Å². The van der Waals surface area contributed by atoms with Gasteiger partial charge < -0.3 is 20.7 Å². The van der Waals surface area contributed by atoms with Crippen LogP contribution in [0.1, 0.15) is 5.56 Å². The zero-order valence-electron chi connectivity index (χ0n) is 15.6.